The van der Waals surface area contributed by atoms with Crippen LogP contribution in [-0.4, -0.2) is 37.9 Å². The second-order valence-corrected chi connectivity index (χ2v) is 6.59. The number of rotatable bonds is 5. The Balaban J connectivity index is 2.44. The molecular formula is C10H13BrN2O3S. The van der Waals surface area contributed by atoms with E-state index in [0.29, 0.717) is 23.1 Å². The summed E-state index contributed by atoms with van der Waals surface area (Å²) in [5.74, 6) is -0.194. The molecule has 1 rings (SSSR count). The van der Waals surface area contributed by atoms with Gasteiger partial charge in [0.05, 0.1) is 11.3 Å². The Kier molecular flexibility index (Phi) is 5.07. The molecule has 0 bridgehead atoms. The lowest BCUT2D eigenvalue weighted by molar-refractivity contribution is 0.0952. The summed E-state index contributed by atoms with van der Waals surface area (Å²) in [6, 6.07) is 3.30. The largest absolute Gasteiger partial charge is 0.352 e. The van der Waals surface area contributed by atoms with Gasteiger partial charge < -0.3 is 5.32 Å². The lowest BCUT2D eigenvalue weighted by Crippen LogP contribution is -2.26. The molecule has 0 fully saturated rings. The van der Waals surface area contributed by atoms with Gasteiger partial charge in [0.1, 0.15) is 14.4 Å². The van der Waals surface area contributed by atoms with E-state index in [1.54, 1.807) is 18.3 Å². The Morgan fingerprint density at radius 3 is 2.82 bits per heavy atom. The topological polar surface area (TPSA) is 76.1 Å². The molecule has 0 unspecified atom stereocenters. The number of hydrogen-bond donors (Lipinski definition) is 1. The van der Waals surface area contributed by atoms with Gasteiger partial charge in [0, 0.05) is 19.0 Å². The Hall–Kier alpha value is -0.950. The minimum atomic E-state index is -2.97. The van der Waals surface area contributed by atoms with Crippen LogP contribution in [0.25, 0.3) is 0 Å². The van der Waals surface area contributed by atoms with E-state index in [2.05, 4.69) is 26.2 Å². The monoisotopic (exact) mass is 320 g/mol. The normalized spacial score (nSPS) is 11.2. The fraction of sp³-hybridized carbons (Fsp3) is 0.400. The molecule has 1 aromatic rings. The Morgan fingerprint density at radius 1 is 1.53 bits per heavy atom. The summed E-state index contributed by atoms with van der Waals surface area (Å²) in [4.78, 5) is 15.6. The van der Waals surface area contributed by atoms with Crippen molar-refractivity contribution < 1.29 is 13.2 Å². The van der Waals surface area contributed by atoms with Crippen molar-refractivity contribution in [3.05, 3.63) is 28.5 Å². The predicted molar refractivity (Wildman–Crippen MR) is 68.6 cm³/mol. The van der Waals surface area contributed by atoms with Gasteiger partial charge >= 0.3 is 0 Å². The number of nitrogens with one attached hydrogen (secondary N) is 1. The van der Waals surface area contributed by atoms with Crippen molar-refractivity contribution >= 4 is 31.7 Å². The number of amides is 1. The van der Waals surface area contributed by atoms with Crippen LogP contribution >= 0.6 is 15.9 Å². The second kappa shape index (κ2) is 6.11. The molecule has 17 heavy (non-hydrogen) atoms. The molecule has 0 aliphatic carbocycles. The highest BCUT2D eigenvalue weighted by Gasteiger charge is 2.09. The van der Waals surface area contributed by atoms with E-state index in [-0.39, 0.29) is 11.7 Å². The van der Waals surface area contributed by atoms with Gasteiger partial charge in [-0.3, -0.25) is 4.79 Å². The number of halogens is 1. The van der Waals surface area contributed by atoms with Crippen LogP contribution in [-0.2, 0) is 9.84 Å². The van der Waals surface area contributed by atoms with Crippen LogP contribution in [0.4, 0.5) is 0 Å². The number of sulfone groups is 1. The molecule has 0 atom stereocenters. The van der Waals surface area contributed by atoms with Gasteiger partial charge in [0.25, 0.3) is 5.91 Å². The van der Waals surface area contributed by atoms with Crippen LogP contribution in [0.5, 0.6) is 0 Å². The fourth-order valence-electron chi connectivity index (χ4n) is 1.19. The summed E-state index contributed by atoms with van der Waals surface area (Å²) < 4.78 is 22.2. The molecular weight excluding hydrogens is 308 g/mol. The highest BCUT2D eigenvalue weighted by atomic mass is 79.9. The smallest absolute Gasteiger partial charge is 0.254 e. The third kappa shape index (κ3) is 5.27. The molecule has 1 amide bonds. The average Bonchev–Trinajstić information content (AvgIpc) is 2.23. The maximum Gasteiger partial charge on any atom is 0.254 e. The van der Waals surface area contributed by atoms with Crippen molar-refractivity contribution in [2.45, 2.75) is 6.42 Å². The number of carbonyl (C=O) groups is 1. The number of hydrogen-bond acceptors (Lipinski definition) is 4. The van der Waals surface area contributed by atoms with Crippen LogP contribution in [0, 0.1) is 0 Å². The highest BCUT2D eigenvalue weighted by molar-refractivity contribution is 9.10. The summed E-state index contributed by atoms with van der Waals surface area (Å²) >= 11 is 3.17. The summed E-state index contributed by atoms with van der Waals surface area (Å²) in [6.07, 6.45) is 3.15. The summed E-state index contributed by atoms with van der Waals surface area (Å²) in [5.41, 5.74) is 0.437. The summed E-state index contributed by atoms with van der Waals surface area (Å²) in [7, 11) is -2.97. The molecule has 0 aliphatic rings. The molecule has 0 aliphatic heterocycles. The summed E-state index contributed by atoms with van der Waals surface area (Å²) in [5, 5.41) is 2.64. The van der Waals surface area contributed by atoms with E-state index in [1.165, 1.54) is 6.26 Å². The van der Waals surface area contributed by atoms with Crippen LogP contribution in [0.2, 0.25) is 0 Å². The highest BCUT2D eigenvalue weighted by Crippen LogP contribution is 2.11. The van der Waals surface area contributed by atoms with Gasteiger partial charge in [-0.25, -0.2) is 13.4 Å². The molecule has 0 saturated carbocycles. The molecule has 0 spiro atoms. The van der Waals surface area contributed by atoms with Crippen molar-refractivity contribution in [1.29, 1.82) is 0 Å². The Bertz CT molecular complexity index is 502. The maximum atomic E-state index is 11.7. The third-order valence-electron chi connectivity index (χ3n) is 1.98. The van der Waals surface area contributed by atoms with E-state index in [0.717, 1.165) is 0 Å². The van der Waals surface area contributed by atoms with E-state index in [9.17, 15) is 13.2 Å². The number of carbonyl (C=O) groups excluding carboxylic acids is 1. The molecule has 94 valence electrons. The van der Waals surface area contributed by atoms with E-state index < -0.39 is 9.84 Å². The lowest BCUT2D eigenvalue weighted by Gasteiger charge is -2.05. The van der Waals surface area contributed by atoms with Crippen molar-refractivity contribution in [3.63, 3.8) is 0 Å². The van der Waals surface area contributed by atoms with Gasteiger partial charge in [0.2, 0.25) is 0 Å². The second-order valence-electron chi connectivity index (χ2n) is 3.58. The maximum absolute atomic E-state index is 11.7. The molecule has 1 heterocycles. The number of pyridine rings is 1. The van der Waals surface area contributed by atoms with Gasteiger partial charge in [-0.2, -0.15) is 0 Å². The average molecular weight is 321 g/mol. The van der Waals surface area contributed by atoms with Crippen molar-refractivity contribution in [1.82, 2.24) is 10.3 Å². The zero-order chi connectivity index (χ0) is 12.9. The molecule has 1 aromatic heterocycles. The van der Waals surface area contributed by atoms with Crippen LogP contribution < -0.4 is 5.32 Å². The quantitative estimate of drug-likeness (QED) is 0.649. The SMILES string of the molecule is CS(=O)(=O)CCCNC(=O)c1cccnc1Br. The third-order valence-corrected chi connectivity index (χ3v) is 3.64. The van der Waals surface area contributed by atoms with E-state index in [4.69, 9.17) is 0 Å². The minimum Gasteiger partial charge on any atom is -0.352 e. The molecule has 5 nitrogen and oxygen atoms in total. The first kappa shape index (κ1) is 14.1. The Labute approximate surface area is 109 Å². The first-order valence-electron chi connectivity index (χ1n) is 4.96. The lowest BCUT2D eigenvalue weighted by atomic mass is 10.2. The van der Waals surface area contributed by atoms with Crippen LogP contribution in [0.15, 0.2) is 22.9 Å². The molecule has 1 N–H and O–H groups in total. The predicted octanol–water partition coefficient (Wildman–Crippen LogP) is 1.01. The minimum absolute atomic E-state index is 0.0709. The van der Waals surface area contributed by atoms with Crippen LogP contribution in [0.3, 0.4) is 0 Å². The molecule has 7 heteroatoms. The first-order chi connectivity index (χ1) is 7.90. The van der Waals surface area contributed by atoms with Crippen molar-refractivity contribution in [2.75, 3.05) is 18.6 Å². The van der Waals surface area contributed by atoms with Crippen molar-refractivity contribution in [3.8, 4) is 0 Å². The van der Waals surface area contributed by atoms with E-state index in [1.807, 2.05) is 0 Å². The van der Waals surface area contributed by atoms with E-state index >= 15 is 0 Å². The zero-order valence-electron chi connectivity index (χ0n) is 9.31. The summed E-state index contributed by atoms with van der Waals surface area (Å²) in [6.45, 7) is 0.327. The van der Waals surface area contributed by atoms with Gasteiger partial charge in [0.15, 0.2) is 0 Å². The standard InChI is InChI=1S/C10H13BrN2O3S/c1-17(15,16)7-3-6-13-10(14)8-4-2-5-12-9(8)11/h2,4-5H,3,6-7H2,1H3,(H,13,14). The Morgan fingerprint density at radius 2 is 2.24 bits per heavy atom. The zero-order valence-corrected chi connectivity index (χ0v) is 11.7. The number of aromatic nitrogens is 1. The first-order valence-corrected chi connectivity index (χ1v) is 7.82. The molecule has 0 aromatic carbocycles. The van der Waals surface area contributed by atoms with Gasteiger partial charge in [-0.05, 0) is 34.5 Å². The molecule has 0 saturated heterocycles. The van der Waals surface area contributed by atoms with Crippen LogP contribution in [0.1, 0.15) is 16.8 Å². The van der Waals surface area contributed by atoms with Gasteiger partial charge in [-0.1, -0.05) is 0 Å². The van der Waals surface area contributed by atoms with Crippen molar-refractivity contribution in [2.24, 2.45) is 0 Å². The molecule has 0 radical (unpaired) electrons. The van der Waals surface area contributed by atoms with Gasteiger partial charge in [-0.15, -0.1) is 0 Å². The number of nitrogens with zero attached hydrogens (tertiary/aromatic N) is 1. The fourth-order valence-corrected chi connectivity index (χ4v) is 2.29.